The van der Waals surface area contributed by atoms with Gasteiger partial charge in [-0.2, -0.15) is 0 Å². The summed E-state index contributed by atoms with van der Waals surface area (Å²) >= 11 is 6.36. The molecule has 40 heavy (non-hydrogen) atoms. The molecule has 1 atom stereocenters. The van der Waals surface area contributed by atoms with E-state index in [0.717, 1.165) is 9.87 Å². The summed E-state index contributed by atoms with van der Waals surface area (Å²) in [7, 11) is -2.60. The normalized spacial score (nSPS) is 12.1. The number of sulfonamides is 1. The molecule has 0 unspecified atom stereocenters. The van der Waals surface area contributed by atoms with Gasteiger partial charge in [0.15, 0.2) is 0 Å². The number of carbonyl (C=O) groups is 2. The molecule has 0 radical (unpaired) electrons. The highest BCUT2D eigenvalue weighted by molar-refractivity contribution is 7.92. The van der Waals surface area contributed by atoms with Crippen molar-refractivity contribution in [1.82, 2.24) is 10.2 Å². The Kier molecular flexibility index (Phi) is 10.6. The van der Waals surface area contributed by atoms with Crippen molar-refractivity contribution in [2.75, 3.05) is 24.5 Å². The Balaban J connectivity index is 2.03. The molecule has 0 aromatic heterocycles. The minimum Gasteiger partial charge on any atom is -0.497 e. The number of nitrogens with one attached hydrogen (secondary N) is 1. The van der Waals surface area contributed by atoms with Gasteiger partial charge >= 0.3 is 0 Å². The molecular weight excluding hydrogens is 550 g/mol. The third-order valence-electron chi connectivity index (χ3n) is 6.48. The standard InChI is InChI=1S/C30H36ClN3O5S/c1-21(2)18-32-30(36)23(4)33(19-24-14-16-25(39-5)17-15-24)29(35)20-34(28-13-9-12-27(31)22(28)3)40(37,38)26-10-7-6-8-11-26/h6-17,21,23H,18-20H2,1-5H3,(H,32,36)/t23-/m0/s1. The van der Waals surface area contributed by atoms with E-state index in [1.165, 1.54) is 17.0 Å². The highest BCUT2D eigenvalue weighted by Crippen LogP contribution is 2.31. The predicted molar refractivity (Wildman–Crippen MR) is 158 cm³/mol. The molecule has 0 aliphatic rings. The summed E-state index contributed by atoms with van der Waals surface area (Å²) < 4.78 is 34.1. The number of rotatable bonds is 12. The van der Waals surface area contributed by atoms with Crippen LogP contribution in [0.5, 0.6) is 5.75 Å². The molecule has 3 aromatic carbocycles. The highest BCUT2D eigenvalue weighted by Gasteiger charge is 2.33. The molecule has 8 nitrogen and oxygen atoms in total. The van der Waals surface area contributed by atoms with E-state index in [2.05, 4.69) is 5.32 Å². The number of anilines is 1. The lowest BCUT2D eigenvalue weighted by atomic mass is 10.1. The summed E-state index contributed by atoms with van der Waals surface area (Å²) in [6, 6.07) is 19.1. The first-order valence-electron chi connectivity index (χ1n) is 13.0. The number of hydrogen-bond donors (Lipinski definition) is 1. The Hall–Kier alpha value is -3.56. The van der Waals surface area contributed by atoms with E-state index >= 15 is 0 Å². The average Bonchev–Trinajstić information content (AvgIpc) is 2.95. The minimum absolute atomic E-state index is 0.0339. The van der Waals surface area contributed by atoms with E-state index in [9.17, 15) is 18.0 Å². The number of amides is 2. The summed E-state index contributed by atoms with van der Waals surface area (Å²) in [6.07, 6.45) is 0. The summed E-state index contributed by atoms with van der Waals surface area (Å²) in [5.74, 6) is 0.00831. The topological polar surface area (TPSA) is 96.0 Å². The molecule has 2 amide bonds. The summed E-state index contributed by atoms with van der Waals surface area (Å²) in [5, 5.41) is 3.25. The quantitative estimate of drug-likeness (QED) is 0.321. The van der Waals surface area contributed by atoms with Crippen molar-refractivity contribution in [3.05, 3.63) is 88.9 Å². The maximum atomic E-state index is 14.0. The highest BCUT2D eigenvalue weighted by atomic mass is 35.5. The van der Waals surface area contributed by atoms with Crippen LogP contribution in [-0.2, 0) is 26.2 Å². The van der Waals surface area contributed by atoms with Crippen LogP contribution >= 0.6 is 11.6 Å². The Labute approximate surface area is 241 Å². The molecule has 0 fully saturated rings. The van der Waals surface area contributed by atoms with Crippen molar-refractivity contribution in [1.29, 1.82) is 0 Å². The first-order chi connectivity index (χ1) is 18.9. The zero-order valence-electron chi connectivity index (χ0n) is 23.4. The van der Waals surface area contributed by atoms with Gasteiger partial charge in [-0.15, -0.1) is 0 Å². The number of methoxy groups -OCH3 is 1. The second-order valence-electron chi connectivity index (χ2n) is 9.89. The molecule has 3 rings (SSSR count). The van der Waals surface area contributed by atoms with Gasteiger partial charge in [0.2, 0.25) is 11.8 Å². The zero-order valence-corrected chi connectivity index (χ0v) is 25.0. The number of carbonyl (C=O) groups excluding carboxylic acids is 2. The molecule has 0 heterocycles. The molecule has 1 N–H and O–H groups in total. The van der Waals surface area contributed by atoms with Crippen LogP contribution in [0.15, 0.2) is 77.7 Å². The van der Waals surface area contributed by atoms with Gasteiger partial charge in [0.1, 0.15) is 18.3 Å². The molecule has 214 valence electrons. The molecule has 0 bridgehead atoms. The van der Waals surface area contributed by atoms with E-state index in [0.29, 0.717) is 22.9 Å². The van der Waals surface area contributed by atoms with Crippen molar-refractivity contribution < 1.29 is 22.7 Å². The first kappa shape index (κ1) is 31.0. The minimum atomic E-state index is -4.16. The molecule has 10 heteroatoms. The fourth-order valence-electron chi connectivity index (χ4n) is 4.06. The molecule has 0 saturated heterocycles. The van der Waals surface area contributed by atoms with Crippen molar-refractivity contribution in [2.45, 2.75) is 45.2 Å². The fraction of sp³-hybridized carbons (Fsp3) is 0.333. The van der Waals surface area contributed by atoms with E-state index in [1.54, 1.807) is 81.6 Å². The number of ether oxygens (including phenoxy) is 1. The van der Waals surface area contributed by atoms with E-state index in [-0.39, 0.29) is 29.0 Å². The molecule has 0 saturated carbocycles. The van der Waals surface area contributed by atoms with E-state index < -0.39 is 28.5 Å². The van der Waals surface area contributed by atoms with Crippen LogP contribution < -0.4 is 14.4 Å². The molecule has 0 aliphatic carbocycles. The monoisotopic (exact) mass is 585 g/mol. The average molecular weight is 586 g/mol. The summed E-state index contributed by atoms with van der Waals surface area (Å²) in [4.78, 5) is 28.5. The second kappa shape index (κ2) is 13.7. The van der Waals surface area contributed by atoms with Crippen molar-refractivity contribution >= 4 is 39.1 Å². The molecular formula is C30H36ClN3O5S. The maximum absolute atomic E-state index is 14.0. The van der Waals surface area contributed by atoms with Gasteiger partial charge in [-0.25, -0.2) is 8.42 Å². The Bertz CT molecular complexity index is 1410. The van der Waals surface area contributed by atoms with Gasteiger partial charge in [0, 0.05) is 18.1 Å². The largest absolute Gasteiger partial charge is 0.497 e. The van der Waals surface area contributed by atoms with Gasteiger partial charge in [-0.1, -0.05) is 61.8 Å². The molecule has 0 aliphatic heterocycles. The Morgan fingerprint density at radius 1 is 0.950 bits per heavy atom. The maximum Gasteiger partial charge on any atom is 0.264 e. The van der Waals surface area contributed by atoms with Crippen molar-refractivity contribution in [3.8, 4) is 5.75 Å². The van der Waals surface area contributed by atoms with Crippen LogP contribution in [0.4, 0.5) is 5.69 Å². The predicted octanol–water partition coefficient (Wildman–Crippen LogP) is 5.04. The first-order valence-corrected chi connectivity index (χ1v) is 14.8. The van der Waals surface area contributed by atoms with Crippen LogP contribution in [0.25, 0.3) is 0 Å². The van der Waals surface area contributed by atoms with Gasteiger partial charge in [0.25, 0.3) is 10.0 Å². The summed E-state index contributed by atoms with van der Waals surface area (Å²) in [6.45, 7) is 7.30. The SMILES string of the molecule is COc1ccc(CN(C(=O)CN(c2cccc(Cl)c2C)S(=O)(=O)c2ccccc2)[C@@H](C)C(=O)NCC(C)C)cc1. The van der Waals surface area contributed by atoms with Gasteiger partial charge < -0.3 is 15.0 Å². The third-order valence-corrected chi connectivity index (χ3v) is 8.67. The van der Waals surface area contributed by atoms with Gasteiger partial charge in [-0.05, 0) is 67.3 Å². The fourth-order valence-corrected chi connectivity index (χ4v) is 5.72. The van der Waals surface area contributed by atoms with Gasteiger partial charge in [0.05, 0.1) is 17.7 Å². The Morgan fingerprint density at radius 2 is 1.60 bits per heavy atom. The van der Waals surface area contributed by atoms with Crippen LogP contribution in [0.1, 0.15) is 31.9 Å². The van der Waals surface area contributed by atoms with Crippen LogP contribution in [-0.4, -0.2) is 51.4 Å². The van der Waals surface area contributed by atoms with E-state index in [4.69, 9.17) is 16.3 Å². The molecule has 3 aromatic rings. The zero-order chi connectivity index (χ0) is 29.4. The lowest BCUT2D eigenvalue weighted by Gasteiger charge is -2.32. The number of nitrogens with zero attached hydrogens (tertiary/aromatic N) is 2. The van der Waals surface area contributed by atoms with Gasteiger partial charge in [-0.3, -0.25) is 13.9 Å². The van der Waals surface area contributed by atoms with Crippen molar-refractivity contribution in [2.24, 2.45) is 5.92 Å². The van der Waals surface area contributed by atoms with E-state index in [1.807, 2.05) is 13.8 Å². The van der Waals surface area contributed by atoms with Crippen LogP contribution in [0.2, 0.25) is 5.02 Å². The number of hydrogen-bond acceptors (Lipinski definition) is 5. The summed E-state index contributed by atoms with van der Waals surface area (Å²) in [5.41, 5.74) is 1.56. The third kappa shape index (κ3) is 7.55. The lowest BCUT2D eigenvalue weighted by Crippen LogP contribution is -2.51. The lowest BCUT2D eigenvalue weighted by molar-refractivity contribution is -0.139. The molecule has 0 spiro atoms. The van der Waals surface area contributed by atoms with Crippen LogP contribution in [0.3, 0.4) is 0 Å². The van der Waals surface area contributed by atoms with Crippen molar-refractivity contribution in [3.63, 3.8) is 0 Å². The van der Waals surface area contributed by atoms with Crippen LogP contribution in [0, 0.1) is 12.8 Å². The number of halogens is 1. The smallest absolute Gasteiger partial charge is 0.264 e. The Morgan fingerprint density at radius 3 is 2.20 bits per heavy atom. The number of benzene rings is 3. The second-order valence-corrected chi connectivity index (χ2v) is 12.2.